The molecular formula is C14H29N3O2. The number of morpholine rings is 1. The van der Waals surface area contributed by atoms with Gasteiger partial charge in [0, 0.05) is 26.1 Å². The zero-order valence-electron chi connectivity index (χ0n) is 12.4. The first-order chi connectivity index (χ1) is 9.11. The number of unbranched alkanes of at least 4 members (excludes halogenated alkanes) is 1. The second kappa shape index (κ2) is 9.28. The van der Waals surface area contributed by atoms with E-state index in [0.717, 1.165) is 45.4 Å². The molecule has 1 heterocycles. The molecule has 1 aliphatic rings. The third-order valence-electron chi connectivity index (χ3n) is 3.33. The predicted octanol–water partition coefficient (Wildman–Crippen LogP) is 0.731. The van der Waals surface area contributed by atoms with Gasteiger partial charge in [-0.2, -0.15) is 0 Å². The number of hydrogen-bond acceptors (Lipinski definition) is 4. The minimum absolute atomic E-state index is 0.124. The average Bonchev–Trinajstić information content (AvgIpc) is 2.34. The maximum atomic E-state index is 11.4. The van der Waals surface area contributed by atoms with Crippen molar-refractivity contribution >= 4 is 5.91 Å². The van der Waals surface area contributed by atoms with E-state index in [9.17, 15) is 4.79 Å². The largest absolute Gasteiger partial charge is 0.373 e. The highest BCUT2D eigenvalue weighted by Gasteiger charge is 2.21. The molecule has 1 amide bonds. The fraction of sp³-hybridized carbons (Fsp3) is 0.929. The lowest BCUT2D eigenvalue weighted by Crippen LogP contribution is -2.45. The number of carbonyl (C=O) groups is 1. The topological polar surface area (TPSA) is 67.6 Å². The molecule has 0 aromatic carbocycles. The van der Waals surface area contributed by atoms with Gasteiger partial charge >= 0.3 is 0 Å². The van der Waals surface area contributed by atoms with Crippen LogP contribution in [0.1, 0.15) is 39.5 Å². The van der Waals surface area contributed by atoms with Gasteiger partial charge in [0.25, 0.3) is 0 Å². The Bertz CT molecular complexity index is 251. The Hall–Kier alpha value is -0.650. The van der Waals surface area contributed by atoms with E-state index in [1.807, 2.05) is 0 Å². The normalized spacial score (nSPS) is 24.4. The van der Waals surface area contributed by atoms with Crippen molar-refractivity contribution in [1.82, 2.24) is 10.2 Å². The number of nitrogens with one attached hydrogen (secondary N) is 1. The summed E-state index contributed by atoms with van der Waals surface area (Å²) >= 11 is 0. The van der Waals surface area contributed by atoms with Crippen molar-refractivity contribution in [2.75, 3.05) is 32.7 Å². The number of carbonyl (C=O) groups excluding carboxylic acids is 1. The summed E-state index contributed by atoms with van der Waals surface area (Å²) in [4.78, 5) is 13.8. The van der Waals surface area contributed by atoms with Crippen molar-refractivity contribution in [3.05, 3.63) is 0 Å². The summed E-state index contributed by atoms with van der Waals surface area (Å²) < 4.78 is 5.70. The van der Waals surface area contributed by atoms with Crippen molar-refractivity contribution in [3.8, 4) is 0 Å². The van der Waals surface area contributed by atoms with Gasteiger partial charge in [0.05, 0.1) is 12.2 Å². The van der Waals surface area contributed by atoms with Crippen LogP contribution in [0.25, 0.3) is 0 Å². The SMILES string of the molecule is CC1CN(CCCCNC(=O)CCCN)CC(C)O1. The van der Waals surface area contributed by atoms with Gasteiger partial charge in [-0.05, 0) is 46.2 Å². The third kappa shape index (κ3) is 7.50. The third-order valence-corrected chi connectivity index (χ3v) is 3.33. The minimum atomic E-state index is 0.124. The van der Waals surface area contributed by atoms with Gasteiger partial charge in [-0.3, -0.25) is 9.69 Å². The molecule has 2 atom stereocenters. The van der Waals surface area contributed by atoms with Crippen LogP contribution in [-0.4, -0.2) is 55.7 Å². The highest BCUT2D eigenvalue weighted by molar-refractivity contribution is 5.75. The van der Waals surface area contributed by atoms with Crippen molar-refractivity contribution in [2.45, 2.75) is 51.7 Å². The van der Waals surface area contributed by atoms with Gasteiger partial charge in [-0.25, -0.2) is 0 Å². The molecule has 3 N–H and O–H groups in total. The quantitative estimate of drug-likeness (QED) is 0.639. The molecule has 112 valence electrons. The predicted molar refractivity (Wildman–Crippen MR) is 77.0 cm³/mol. The Balaban J connectivity index is 2.00. The lowest BCUT2D eigenvalue weighted by atomic mass is 10.2. The summed E-state index contributed by atoms with van der Waals surface area (Å²) in [6.07, 6.45) is 4.15. The Kier molecular flexibility index (Phi) is 8.02. The van der Waals surface area contributed by atoms with Crippen LogP contribution in [0.15, 0.2) is 0 Å². The molecule has 0 spiro atoms. The summed E-state index contributed by atoms with van der Waals surface area (Å²) in [5.41, 5.74) is 5.36. The summed E-state index contributed by atoms with van der Waals surface area (Å²) in [6.45, 7) is 8.75. The zero-order chi connectivity index (χ0) is 14.1. The number of amides is 1. The molecule has 5 heteroatoms. The zero-order valence-corrected chi connectivity index (χ0v) is 12.4. The molecule has 5 nitrogen and oxygen atoms in total. The van der Waals surface area contributed by atoms with Crippen LogP contribution in [0.4, 0.5) is 0 Å². The highest BCUT2D eigenvalue weighted by Crippen LogP contribution is 2.11. The van der Waals surface area contributed by atoms with E-state index in [4.69, 9.17) is 10.5 Å². The van der Waals surface area contributed by atoms with Crippen LogP contribution in [0, 0.1) is 0 Å². The average molecular weight is 271 g/mol. The number of nitrogens with two attached hydrogens (primary N) is 1. The smallest absolute Gasteiger partial charge is 0.220 e. The molecule has 1 fully saturated rings. The molecule has 0 radical (unpaired) electrons. The number of rotatable bonds is 8. The molecule has 0 aliphatic carbocycles. The first-order valence-corrected chi connectivity index (χ1v) is 7.46. The maximum Gasteiger partial charge on any atom is 0.220 e. The van der Waals surface area contributed by atoms with E-state index in [1.54, 1.807) is 0 Å². The van der Waals surface area contributed by atoms with Crippen LogP contribution in [0.2, 0.25) is 0 Å². The summed E-state index contributed by atoms with van der Waals surface area (Å²) in [5.74, 6) is 0.124. The van der Waals surface area contributed by atoms with Gasteiger partial charge in [-0.15, -0.1) is 0 Å². The monoisotopic (exact) mass is 271 g/mol. The fourth-order valence-electron chi connectivity index (χ4n) is 2.51. The molecule has 1 rings (SSSR count). The van der Waals surface area contributed by atoms with E-state index in [2.05, 4.69) is 24.1 Å². The minimum Gasteiger partial charge on any atom is -0.373 e. The van der Waals surface area contributed by atoms with Gasteiger partial charge in [-0.1, -0.05) is 0 Å². The van der Waals surface area contributed by atoms with Crippen LogP contribution in [0.5, 0.6) is 0 Å². The second-order valence-electron chi connectivity index (χ2n) is 5.47. The van der Waals surface area contributed by atoms with E-state index >= 15 is 0 Å². The molecule has 0 bridgehead atoms. The summed E-state index contributed by atoms with van der Waals surface area (Å²) in [7, 11) is 0. The second-order valence-corrected chi connectivity index (χ2v) is 5.47. The Labute approximate surface area is 116 Å². The van der Waals surface area contributed by atoms with Crippen molar-refractivity contribution < 1.29 is 9.53 Å². The number of ether oxygens (including phenoxy) is 1. The lowest BCUT2D eigenvalue weighted by Gasteiger charge is -2.35. The van der Waals surface area contributed by atoms with Crippen molar-refractivity contribution in [1.29, 1.82) is 0 Å². The van der Waals surface area contributed by atoms with Gasteiger partial charge in [0.1, 0.15) is 0 Å². The van der Waals surface area contributed by atoms with Gasteiger partial charge in [0.15, 0.2) is 0 Å². The first kappa shape index (κ1) is 16.4. The molecule has 1 saturated heterocycles. The number of nitrogens with zero attached hydrogens (tertiary/aromatic N) is 1. The Morgan fingerprint density at radius 2 is 1.95 bits per heavy atom. The lowest BCUT2D eigenvalue weighted by molar-refractivity contribution is -0.121. The van der Waals surface area contributed by atoms with Crippen LogP contribution >= 0.6 is 0 Å². The maximum absolute atomic E-state index is 11.4. The first-order valence-electron chi connectivity index (χ1n) is 7.46. The standard InChI is InChI=1S/C14H29N3O2/c1-12-10-17(11-13(2)19-12)9-4-3-8-16-14(18)6-5-7-15/h12-13H,3-11,15H2,1-2H3,(H,16,18). The molecule has 0 aromatic rings. The van der Waals surface area contributed by atoms with Crippen LogP contribution < -0.4 is 11.1 Å². The van der Waals surface area contributed by atoms with Crippen molar-refractivity contribution in [2.24, 2.45) is 5.73 Å². The van der Waals surface area contributed by atoms with Gasteiger partial charge < -0.3 is 15.8 Å². The molecule has 2 unspecified atom stereocenters. The van der Waals surface area contributed by atoms with E-state index in [1.165, 1.54) is 0 Å². The fourth-order valence-corrected chi connectivity index (χ4v) is 2.51. The van der Waals surface area contributed by atoms with E-state index < -0.39 is 0 Å². The highest BCUT2D eigenvalue weighted by atomic mass is 16.5. The van der Waals surface area contributed by atoms with Gasteiger partial charge in [0.2, 0.25) is 5.91 Å². The summed E-state index contributed by atoms with van der Waals surface area (Å²) in [6, 6.07) is 0. The van der Waals surface area contributed by atoms with Crippen LogP contribution in [-0.2, 0) is 9.53 Å². The van der Waals surface area contributed by atoms with Crippen molar-refractivity contribution in [3.63, 3.8) is 0 Å². The molecule has 1 aliphatic heterocycles. The summed E-state index contributed by atoms with van der Waals surface area (Å²) in [5, 5.41) is 2.94. The molecule has 0 saturated carbocycles. The van der Waals surface area contributed by atoms with E-state index in [0.29, 0.717) is 25.2 Å². The molecular weight excluding hydrogens is 242 g/mol. The number of hydrogen-bond donors (Lipinski definition) is 2. The van der Waals surface area contributed by atoms with Crippen LogP contribution in [0.3, 0.4) is 0 Å². The molecule has 0 aromatic heterocycles. The Morgan fingerprint density at radius 1 is 1.26 bits per heavy atom. The van der Waals surface area contributed by atoms with E-state index in [-0.39, 0.29) is 5.91 Å². The molecule has 19 heavy (non-hydrogen) atoms. The Morgan fingerprint density at radius 3 is 2.58 bits per heavy atom.